The molecule has 1 aromatic heterocycles. The van der Waals surface area contributed by atoms with Crippen molar-refractivity contribution in [3.8, 4) is 5.75 Å². The second kappa shape index (κ2) is 9.09. The van der Waals surface area contributed by atoms with Crippen molar-refractivity contribution >= 4 is 17.5 Å². The second-order valence-electron chi connectivity index (χ2n) is 6.17. The number of benzene rings is 1. The van der Waals surface area contributed by atoms with Crippen molar-refractivity contribution in [2.75, 3.05) is 6.61 Å². The van der Waals surface area contributed by atoms with Crippen LogP contribution in [0, 0.1) is 13.8 Å². The fraction of sp³-hybridized carbons (Fsp3) is 0.500. The van der Waals surface area contributed by atoms with Crippen LogP contribution in [-0.4, -0.2) is 21.9 Å². The SMILES string of the molecule is CCCCn1c(SCc2cc(C(C)=O)ccc2OCC)nc(C)c1C. The van der Waals surface area contributed by atoms with Crippen molar-refractivity contribution < 1.29 is 9.53 Å². The molecule has 1 aromatic carbocycles. The lowest BCUT2D eigenvalue weighted by Gasteiger charge is -2.12. The van der Waals surface area contributed by atoms with Gasteiger partial charge in [-0.3, -0.25) is 4.79 Å². The number of imidazole rings is 1. The zero-order valence-corrected chi connectivity index (χ0v) is 16.7. The first-order chi connectivity index (χ1) is 12.0. The van der Waals surface area contributed by atoms with Crippen molar-refractivity contribution in [1.29, 1.82) is 0 Å². The molecule has 0 saturated heterocycles. The second-order valence-corrected chi connectivity index (χ2v) is 7.11. The number of rotatable bonds is 9. The first kappa shape index (κ1) is 19.6. The van der Waals surface area contributed by atoms with Crippen LogP contribution in [0.15, 0.2) is 23.4 Å². The first-order valence-electron chi connectivity index (χ1n) is 8.91. The van der Waals surface area contributed by atoms with Crippen molar-refractivity contribution in [3.05, 3.63) is 40.7 Å². The number of carbonyl (C=O) groups is 1. The molecule has 0 saturated carbocycles. The summed E-state index contributed by atoms with van der Waals surface area (Å²) >= 11 is 1.71. The van der Waals surface area contributed by atoms with E-state index in [9.17, 15) is 4.79 Å². The van der Waals surface area contributed by atoms with Gasteiger partial charge in [-0.2, -0.15) is 0 Å². The number of hydrogen-bond acceptors (Lipinski definition) is 4. The number of carbonyl (C=O) groups excluding carboxylic acids is 1. The van der Waals surface area contributed by atoms with Gasteiger partial charge in [0.05, 0.1) is 12.3 Å². The zero-order chi connectivity index (χ0) is 18.4. The van der Waals surface area contributed by atoms with Crippen molar-refractivity contribution in [2.45, 2.75) is 64.9 Å². The van der Waals surface area contributed by atoms with Gasteiger partial charge in [-0.05, 0) is 52.3 Å². The highest BCUT2D eigenvalue weighted by Gasteiger charge is 2.14. The van der Waals surface area contributed by atoms with Gasteiger partial charge in [-0.25, -0.2) is 4.98 Å². The van der Waals surface area contributed by atoms with E-state index in [1.165, 1.54) is 5.69 Å². The first-order valence-corrected chi connectivity index (χ1v) is 9.89. The van der Waals surface area contributed by atoms with Gasteiger partial charge >= 0.3 is 0 Å². The van der Waals surface area contributed by atoms with Crippen molar-refractivity contribution in [3.63, 3.8) is 0 Å². The summed E-state index contributed by atoms with van der Waals surface area (Å²) in [6.45, 7) is 11.6. The Morgan fingerprint density at radius 1 is 1.28 bits per heavy atom. The highest BCUT2D eigenvalue weighted by Crippen LogP contribution is 2.30. The Kier molecular flexibility index (Phi) is 7.12. The molecular weight excluding hydrogens is 332 g/mol. The van der Waals surface area contributed by atoms with E-state index in [0.717, 1.165) is 52.9 Å². The van der Waals surface area contributed by atoms with Crippen molar-refractivity contribution in [2.24, 2.45) is 0 Å². The Labute approximate surface area is 155 Å². The van der Waals surface area contributed by atoms with E-state index in [4.69, 9.17) is 9.72 Å². The summed E-state index contributed by atoms with van der Waals surface area (Å²) in [5.41, 5.74) is 4.08. The number of aromatic nitrogens is 2. The van der Waals surface area contributed by atoms with Gasteiger partial charge < -0.3 is 9.30 Å². The minimum Gasteiger partial charge on any atom is -0.494 e. The molecule has 0 fully saturated rings. The molecule has 136 valence electrons. The number of ketones is 1. The lowest BCUT2D eigenvalue weighted by atomic mass is 10.1. The Bertz CT molecular complexity index is 738. The Morgan fingerprint density at radius 2 is 2.04 bits per heavy atom. The summed E-state index contributed by atoms with van der Waals surface area (Å²) in [4.78, 5) is 16.4. The summed E-state index contributed by atoms with van der Waals surface area (Å²) < 4.78 is 8.04. The van der Waals surface area contributed by atoms with Gasteiger partial charge in [0, 0.05) is 29.1 Å². The molecule has 2 aromatic rings. The van der Waals surface area contributed by atoms with Gasteiger partial charge in [-0.1, -0.05) is 25.1 Å². The lowest BCUT2D eigenvalue weighted by Crippen LogP contribution is -2.03. The maximum Gasteiger partial charge on any atom is 0.168 e. The minimum atomic E-state index is 0.0745. The molecule has 0 aliphatic carbocycles. The normalized spacial score (nSPS) is 10.9. The quantitative estimate of drug-likeness (QED) is 0.456. The largest absolute Gasteiger partial charge is 0.494 e. The minimum absolute atomic E-state index is 0.0745. The predicted molar refractivity (Wildman–Crippen MR) is 104 cm³/mol. The van der Waals surface area contributed by atoms with E-state index in [1.807, 2.05) is 25.1 Å². The molecule has 0 aliphatic heterocycles. The maximum absolute atomic E-state index is 11.7. The van der Waals surface area contributed by atoms with E-state index in [0.29, 0.717) is 6.61 Å². The topological polar surface area (TPSA) is 44.1 Å². The molecule has 0 aliphatic rings. The van der Waals surface area contributed by atoms with Crippen LogP contribution in [0.5, 0.6) is 5.75 Å². The number of unbranched alkanes of at least 4 members (excludes halogenated alkanes) is 1. The monoisotopic (exact) mass is 360 g/mol. The van der Waals surface area contributed by atoms with Gasteiger partial charge in [0.15, 0.2) is 10.9 Å². The van der Waals surface area contributed by atoms with Crippen LogP contribution in [0.1, 0.15) is 60.9 Å². The standard InChI is InChI=1S/C20H28N2O2S/c1-6-8-11-22-15(4)14(3)21-20(22)25-13-18-12-17(16(5)23)9-10-19(18)24-7-2/h9-10,12H,6-8,11,13H2,1-5H3. The Hall–Kier alpha value is -1.75. The molecule has 0 amide bonds. The number of Topliss-reactive ketones (excluding diaryl/α,β-unsaturated/α-hetero) is 1. The number of ether oxygens (including phenoxy) is 1. The fourth-order valence-electron chi connectivity index (χ4n) is 2.66. The predicted octanol–water partition coefficient (Wildman–Crippen LogP) is 5.19. The number of thioether (sulfide) groups is 1. The van der Waals surface area contributed by atoms with Gasteiger partial charge in [-0.15, -0.1) is 0 Å². The molecule has 5 heteroatoms. The molecule has 0 unspecified atom stereocenters. The highest BCUT2D eigenvalue weighted by atomic mass is 32.2. The van der Waals surface area contributed by atoms with Crippen LogP contribution in [-0.2, 0) is 12.3 Å². The van der Waals surface area contributed by atoms with E-state index < -0.39 is 0 Å². The van der Waals surface area contributed by atoms with Crippen LogP contribution >= 0.6 is 11.8 Å². The Morgan fingerprint density at radius 3 is 2.68 bits per heavy atom. The summed E-state index contributed by atoms with van der Waals surface area (Å²) in [6, 6.07) is 5.67. The molecule has 0 bridgehead atoms. The van der Waals surface area contributed by atoms with E-state index in [2.05, 4.69) is 25.3 Å². The average molecular weight is 361 g/mol. The van der Waals surface area contributed by atoms with Crippen molar-refractivity contribution in [1.82, 2.24) is 9.55 Å². The van der Waals surface area contributed by atoms with E-state index in [-0.39, 0.29) is 5.78 Å². The number of hydrogen-bond donors (Lipinski definition) is 0. The summed E-state index contributed by atoms with van der Waals surface area (Å²) in [6.07, 6.45) is 2.31. The fourth-order valence-corrected chi connectivity index (χ4v) is 3.76. The lowest BCUT2D eigenvalue weighted by molar-refractivity contribution is 0.101. The highest BCUT2D eigenvalue weighted by molar-refractivity contribution is 7.98. The summed E-state index contributed by atoms with van der Waals surface area (Å²) in [5.74, 6) is 1.66. The molecule has 2 rings (SSSR count). The van der Waals surface area contributed by atoms with Gasteiger partial charge in [0.2, 0.25) is 0 Å². The molecule has 0 radical (unpaired) electrons. The third-order valence-electron chi connectivity index (χ3n) is 4.28. The van der Waals surface area contributed by atoms with Crippen LogP contribution < -0.4 is 4.74 Å². The van der Waals surface area contributed by atoms with Crippen LogP contribution in [0.4, 0.5) is 0 Å². The van der Waals surface area contributed by atoms with Gasteiger partial charge in [0.1, 0.15) is 5.75 Å². The smallest absolute Gasteiger partial charge is 0.168 e. The van der Waals surface area contributed by atoms with Crippen LogP contribution in [0.25, 0.3) is 0 Å². The average Bonchev–Trinajstić information content (AvgIpc) is 2.86. The Balaban J connectivity index is 2.24. The maximum atomic E-state index is 11.7. The van der Waals surface area contributed by atoms with Gasteiger partial charge in [0.25, 0.3) is 0 Å². The van der Waals surface area contributed by atoms with Crippen LogP contribution in [0.3, 0.4) is 0 Å². The molecule has 0 spiro atoms. The molecule has 1 heterocycles. The molecular formula is C20H28N2O2S. The summed E-state index contributed by atoms with van der Waals surface area (Å²) in [5, 5.41) is 1.04. The summed E-state index contributed by atoms with van der Waals surface area (Å²) in [7, 11) is 0. The van der Waals surface area contributed by atoms with E-state index in [1.54, 1.807) is 18.7 Å². The number of aryl methyl sites for hydroxylation is 1. The zero-order valence-electron chi connectivity index (χ0n) is 15.9. The molecule has 25 heavy (non-hydrogen) atoms. The van der Waals surface area contributed by atoms with Crippen LogP contribution in [0.2, 0.25) is 0 Å². The molecule has 4 nitrogen and oxygen atoms in total. The third kappa shape index (κ3) is 4.88. The van der Waals surface area contributed by atoms with E-state index >= 15 is 0 Å². The molecule has 0 atom stereocenters. The molecule has 0 N–H and O–H groups in total. The third-order valence-corrected chi connectivity index (χ3v) is 5.31. The number of nitrogens with zero attached hydrogens (tertiary/aromatic N) is 2.